The maximum atomic E-state index is 13.1. The van der Waals surface area contributed by atoms with E-state index in [1.54, 1.807) is 33.1 Å². The van der Waals surface area contributed by atoms with Crippen molar-refractivity contribution in [2.24, 2.45) is 5.16 Å². The van der Waals surface area contributed by atoms with Gasteiger partial charge in [0.05, 0.1) is 6.61 Å². The van der Waals surface area contributed by atoms with E-state index in [9.17, 15) is 9.59 Å². The molecule has 5 rings (SSSR count). The third kappa shape index (κ3) is 6.53. The third-order valence-electron chi connectivity index (χ3n) is 7.37. The summed E-state index contributed by atoms with van der Waals surface area (Å²) in [5.74, 6) is -1.19. The smallest absolute Gasteiger partial charge is 0.362 e. The Hall–Kier alpha value is -4.50. The lowest BCUT2D eigenvalue weighted by Gasteiger charge is -2.38. The van der Waals surface area contributed by atoms with Gasteiger partial charge in [0.25, 0.3) is 0 Å². The van der Waals surface area contributed by atoms with Gasteiger partial charge in [-0.3, -0.25) is 0 Å². The average molecular weight is 612 g/mol. The van der Waals surface area contributed by atoms with E-state index in [2.05, 4.69) is 46.9 Å². The number of anilines is 1. The molecule has 0 spiro atoms. The summed E-state index contributed by atoms with van der Waals surface area (Å²) in [4.78, 5) is 36.8. The van der Waals surface area contributed by atoms with Crippen molar-refractivity contribution in [3.05, 3.63) is 119 Å². The van der Waals surface area contributed by atoms with Crippen LogP contribution in [0.15, 0.2) is 102 Å². The molecular formula is C35H37N3O5S. The molecule has 0 atom stereocenters. The standard InChI is InChI=1S/C35H37N3O5S/c1-5-41-30(39)29(38-43-34(22-15-23-34)31(40)42-33(2,3)4)28-24-44-32(36-28)37-35(25-16-9-6-10-17-25,26-18-11-7-12-19-26)27-20-13-8-14-21-27/h6-14,16-21,24H,5,15,22-23H2,1-4H3,(H,36,37). The monoisotopic (exact) mass is 611 g/mol. The Kier molecular flexibility index (Phi) is 9.15. The van der Waals surface area contributed by atoms with Crippen molar-refractivity contribution in [2.45, 2.75) is 63.7 Å². The van der Waals surface area contributed by atoms with Gasteiger partial charge in [-0.15, -0.1) is 11.3 Å². The number of oxime groups is 1. The fourth-order valence-electron chi connectivity index (χ4n) is 5.10. The van der Waals surface area contributed by atoms with Gasteiger partial charge >= 0.3 is 11.9 Å². The van der Waals surface area contributed by atoms with E-state index in [-0.39, 0.29) is 18.0 Å². The zero-order valence-corrected chi connectivity index (χ0v) is 26.2. The first-order valence-corrected chi connectivity index (χ1v) is 15.6. The molecule has 1 fully saturated rings. The summed E-state index contributed by atoms with van der Waals surface area (Å²) in [6.07, 6.45) is 1.67. The molecule has 4 aromatic rings. The normalized spacial score (nSPS) is 14.7. The highest BCUT2D eigenvalue weighted by molar-refractivity contribution is 7.14. The van der Waals surface area contributed by atoms with Gasteiger partial charge in [-0.05, 0) is 50.8 Å². The van der Waals surface area contributed by atoms with Crippen LogP contribution in [0.5, 0.6) is 0 Å². The van der Waals surface area contributed by atoms with Crippen LogP contribution >= 0.6 is 11.3 Å². The number of rotatable bonds is 11. The molecule has 0 aliphatic heterocycles. The lowest BCUT2D eigenvalue weighted by Crippen LogP contribution is -2.50. The highest BCUT2D eigenvalue weighted by Crippen LogP contribution is 2.41. The number of esters is 2. The molecule has 1 aliphatic rings. The van der Waals surface area contributed by atoms with E-state index in [4.69, 9.17) is 19.3 Å². The predicted molar refractivity (Wildman–Crippen MR) is 172 cm³/mol. The number of thiazole rings is 1. The minimum atomic E-state index is -1.24. The third-order valence-corrected chi connectivity index (χ3v) is 8.13. The van der Waals surface area contributed by atoms with Gasteiger partial charge in [0.15, 0.2) is 5.13 Å². The Balaban J connectivity index is 1.54. The SMILES string of the molecule is CCOC(=O)C(=NOC1(C(=O)OC(C)(C)C)CCC1)c1csc(NC(c2ccccc2)(c2ccccc2)c2ccccc2)n1. The van der Waals surface area contributed by atoms with Crippen LogP contribution in [0, 0.1) is 0 Å². The number of nitrogens with one attached hydrogen (secondary N) is 1. The van der Waals surface area contributed by atoms with Gasteiger partial charge in [-0.1, -0.05) is 96.2 Å². The second-order valence-corrected chi connectivity index (χ2v) is 12.5. The minimum Gasteiger partial charge on any atom is -0.461 e. The van der Waals surface area contributed by atoms with Crippen LogP contribution < -0.4 is 5.32 Å². The molecule has 1 N–H and O–H groups in total. The second kappa shape index (κ2) is 13.0. The van der Waals surface area contributed by atoms with Crippen LogP contribution in [-0.2, 0) is 29.4 Å². The Bertz CT molecular complexity index is 1500. The van der Waals surface area contributed by atoms with Gasteiger partial charge in [-0.2, -0.15) is 0 Å². The van der Waals surface area contributed by atoms with E-state index in [1.165, 1.54) is 11.3 Å². The maximum absolute atomic E-state index is 13.1. The van der Waals surface area contributed by atoms with E-state index in [1.807, 2.05) is 54.6 Å². The molecule has 1 aliphatic carbocycles. The summed E-state index contributed by atoms with van der Waals surface area (Å²) < 4.78 is 10.9. The summed E-state index contributed by atoms with van der Waals surface area (Å²) in [5, 5.41) is 10.2. The van der Waals surface area contributed by atoms with Crippen molar-refractivity contribution < 1.29 is 23.9 Å². The van der Waals surface area contributed by atoms with Crippen molar-refractivity contribution in [1.82, 2.24) is 4.98 Å². The molecule has 44 heavy (non-hydrogen) atoms. The number of benzene rings is 3. The number of aromatic nitrogens is 1. The maximum Gasteiger partial charge on any atom is 0.362 e. The van der Waals surface area contributed by atoms with E-state index in [0.29, 0.717) is 18.0 Å². The summed E-state index contributed by atoms with van der Waals surface area (Å²) in [5.41, 5.74) is 0.473. The number of carbonyl (C=O) groups is 2. The molecule has 9 heteroatoms. The van der Waals surface area contributed by atoms with Gasteiger partial charge in [0.2, 0.25) is 11.3 Å². The first-order valence-electron chi connectivity index (χ1n) is 14.7. The van der Waals surface area contributed by atoms with Gasteiger partial charge < -0.3 is 19.6 Å². The van der Waals surface area contributed by atoms with Crippen molar-refractivity contribution >= 4 is 34.1 Å². The first-order chi connectivity index (χ1) is 21.2. The quantitative estimate of drug-likeness (QED) is 0.0836. The summed E-state index contributed by atoms with van der Waals surface area (Å²) in [6.45, 7) is 7.26. The van der Waals surface area contributed by atoms with Crippen LogP contribution in [0.1, 0.15) is 69.3 Å². The fourth-order valence-corrected chi connectivity index (χ4v) is 5.85. The summed E-state index contributed by atoms with van der Waals surface area (Å²) >= 11 is 1.33. The Labute approximate surface area is 262 Å². The molecular weight excluding hydrogens is 574 g/mol. The zero-order valence-electron chi connectivity index (χ0n) is 25.4. The van der Waals surface area contributed by atoms with Crippen molar-refractivity contribution in [3.8, 4) is 0 Å². The number of carbonyl (C=O) groups excluding carboxylic acids is 2. The molecule has 8 nitrogen and oxygen atoms in total. The van der Waals surface area contributed by atoms with Crippen LogP contribution in [0.2, 0.25) is 0 Å². The van der Waals surface area contributed by atoms with Crippen LogP contribution in [0.25, 0.3) is 0 Å². The van der Waals surface area contributed by atoms with Crippen molar-refractivity contribution in [1.29, 1.82) is 0 Å². The Morgan fingerprint density at radius 1 is 0.886 bits per heavy atom. The van der Waals surface area contributed by atoms with Crippen molar-refractivity contribution in [3.63, 3.8) is 0 Å². The molecule has 1 aromatic heterocycles. The molecule has 0 saturated heterocycles. The molecule has 1 saturated carbocycles. The van der Waals surface area contributed by atoms with Crippen LogP contribution in [0.4, 0.5) is 5.13 Å². The molecule has 0 unspecified atom stereocenters. The molecule has 0 radical (unpaired) electrons. The van der Waals surface area contributed by atoms with E-state index in [0.717, 1.165) is 23.1 Å². The van der Waals surface area contributed by atoms with Crippen LogP contribution in [0.3, 0.4) is 0 Å². The second-order valence-electron chi connectivity index (χ2n) is 11.6. The molecule has 1 heterocycles. The van der Waals surface area contributed by atoms with E-state index >= 15 is 0 Å². The Morgan fingerprint density at radius 2 is 1.41 bits per heavy atom. The largest absolute Gasteiger partial charge is 0.461 e. The molecule has 228 valence electrons. The fraction of sp³-hybridized carbons (Fsp3) is 0.314. The number of nitrogens with zero attached hydrogens (tertiary/aromatic N) is 2. The number of ether oxygens (including phenoxy) is 2. The highest BCUT2D eigenvalue weighted by Gasteiger charge is 2.50. The molecule has 0 bridgehead atoms. The average Bonchev–Trinajstić information content (AvgIpc) is 3.45. The molecule has 0 amide bonds. The zero-order chi connectivity index (χ0) is 31.2. The van der Waals surface area contributed by atoms with Crippen LogP contribution in [-0.4, -0.2) is 40.4 Å². The lowest BCUT2D eigenvalue weighted by atomic mass is 9.77. The first kappa shape index (κ1) is 30.9. The Morgan fingerprint density at radius 3 is 1.84 bits per heavy atom. The summed E-state index contributed by atoms with van der Waals surface area (Å²) in [6, 6.07) is 30.5. The highest BCUT2D eigenvalue weighted by atomic mass is 32.1. The lowest BCUT2D eigenvalue weighted by molar-refractivity contribution is -0.196. The molecule has 3 aromatic carbocycles. The van der Waals surface area contributed by atoms with Gasteiger partial charge in [-0.25, -0.2) is 14.6 Å². The van der Waals surface area contributed by atoms with Gasteiger partial charge in [0, 0.05) is 18.2 Å². The summed E-state index contributed by atoms with van der Waals surface area (Å²) in [7, 11) is 0. The minimum absolute atomic E-state index is 0.115. The number of hydrogen-bond acceptors (Lipinski definition) is 9. The van der Waals surface area contributed by atoms with Crippen molar-refractivity contribution in [2.75, 3.05) is 11.9 Å². The topological polar surface area (TPSA) is 99.1 Å². The van der Waals surface area contributed by atoms with E-state index < -0.39 is 28.7 Å². The predicted octanol–water partition coefficient (Wildman–Crippen LogP) is 7.10. The van der Waals surface area contributed by atoms with Gasteiger partial charge in [0.1, 0.15) is 16.8 Å². The number of hydrogen-bond donors (Lipinski definition) is 1.